The number of aromatic nitrogens is 2. The number of aromatic carboxylic acids is 1. The van der Waals surface area contributed by atoms with E-state index in [0.29, 0.717) is 0 Å². The summed E-state index contributed by atoms with van der Waals surface area (Å²) in [6.45, 7) is 0. The zero-order chi connectivity index (χ0) is 8.72. The standard InChI is InChI=1S/C8H8N2O2/c1-10-3-5-2-6(8(11)12)9-7(5)4-10/h2-4,9H,1H3,(H,11,12). The fourth-order valence-corrected chi connectivity index (χ4v) is 1.28. The van der Waals surface area contributed by atoms with E-state index in [-0.39, 0.29) is 5.69 Å². The normalized spacial score (nSPS) is 10.8. The number of nitrogens with zero attached hydrogens (tertiary/aromatic N) is 1. The molecule has 2 rings (SSSR count). The highest BCUT2D eigenvalue weighted by Gasteiger charge is 2.07. The number of nitrogens with one attached hydrogen (secondary N) is 1. The monoisotopic (exact) mass is 164 g/mol. The van der Waals surface area contributed by atoms with Crippen LogP contribution in [0.4, 0.5) is 0 Å². The third-order valence-corrected chi connectivity index (χ3v) is 1.79. The first-order chi connectivity index (χ1) is 5.66. The van der Waals surface area contributed by atoms with Gasteiger partial charge >= 0.3 is 5.97 Å². The predicted octanol–water partition coefficient (Wildman–Crippen LogP) is 1.20. The highest BCUT2D eigenvalue weighted by atomic mass is 16.4. The van der Waals surface area contributed by atoms with Gasteiger partial charge in [-0.25, -0.2) is 4.79 Å². The number of rotatable bonds is 1. The zero-order valence-corrected chi connectivity index (χ0v) is 6.53. The molecule has 0 amide bonds. The van der Waals surface area contributed by atoms with Crippen LogP contribution >= 0.6 is 0 Å². The number of fused-ring (bicyclic) bond motifs is 1. The highest BCUT2D eigenvalue weighted by molar-refractivity contribution is 5.93. The zero-order valence-electron chi connectivity index (χ0n) is 6.53. The Morgan fingerprint density at radius 1 is 1.58 bits per heavy atom. The molecule has 0 aliphatic rings. The molecule has 0 bridgehead atoms. The Balaban J connectivity index is 2.64. The Kier molecular flexibility index (Phi) is 1.24. The number of hydrogen-bond donors (Lipinski definition) is 2. The Hall–Kier alpha value is -1.71. The van der Waals surface area contributed by atoms with Gasteiger partial charge in [0.15, 0.2) is 0 Å². The van der Waals surface area contributed by atoms with E-state index < -0.39 is 5.97 Å². The number of carboxylic acid groups (broad SMARTS) is 1. The summed E-state index contributed by atoms with van der Waals surface area (Å²) in [7, 11) is 1.90. The third-order valence-electron chi connectivity index (χ3n) is 1.79. The molecule has 12 heavy (non-hydrogen) atoms. The minimum absolute atomic E-state index is 0.237. The molecule has 2 aromatic rings. The van der Waals surface area contributed by atoms with Crippen LogP contribution in [-0.4, -0.2) is 20.6 Å². The lowest BCUT2D eigenvalue weighted by atomic mass is 10.4. The second kappa shape index (κ2) is 2.14. The first kappa shape index (κ1) is 6.97. The lowest BCUT2D eigenvalue weighted by Gasteiger charge is -1.86. The fourth-order valence-electron chi connectivity index (χ4n) is 1.28. The summed E-state index contributed by atoms with van der Waals surface area (Å²) >= 11 is 0. The molecule has 0 radical (unpaired) electrons. The molecule has 0 spiro atoms. The SMILES string of the molecule is Cn1cc2cc(C(=O)O)[nH]c2c1. The summed E-state index contributed by atoms with van der Waals surface area (Å²) in [5.74, 6) is -0.922. The molecule has 0 fully saturated rings. The topological polar surface area (TPSA) is 58.0 Å². The van der Waals surface area contributed by atoms with E-state index in [4.69, 9.17) is 5.11 Å². The van der Waals surface area contributed by atoms with E-state index >= 15 is 0 Å². The van der Waals surface area contributed by atoms with E-state index in [1.165, 1.54) is 0 Å². The molecule has 0 aromatic carbocycles. The third kappa shape index (κ3) is 0.887. The number of carboxylic acids is 1. The van der Waals surface area contributed by atoms with Gasteiger partial charge in [0.25, 0.3) is 0 Å². The van der Waals surface area contributed by atoms with Gasteiger partial charge in [0.05, 0.1) is 5.52 Å². The summed E-state index contributed by atoms with van der Waals surface area (Å²) in [5.41, 5.74) is 1.09. The molecule has 0 saturated carbocycles. The van der Waals surface area contributed by atoms with Crippen LogP contribution in [0.3, 0.4) is 0 Å². The quantitative estimate of drug-likeness (QED) is 0.665. The van der Waals surface area contributed by atoms with Crippen molar-refractivity contribution in [2.45, 2.75) is 0 Å². The second-order valence-electron chi connectivity index (χ2n) is 2.78. The molecule has 2 aromatic heterocycles. The van der Waals surface area contributed by atoms with Crippen molar-refractivity contribution in [2.24, 2.45) is 7.05 Å². The molecule has 0 aliphatic heterocycles. The van der Waals surface area contributed by atoms with Crippen molar-refractivity contribution in [1.29, 1.82) is 0 Å². The number of aryl methyl sites for hydroxylation is 1. The first-order valence-electron chi connectivity index (χ1n) is 3.55. The van der Waals surface area contributed by atoms with Crippen molar-refractivity contribution in [1.82, 2.24) is 9.55 Å². The second-order valence-corrected chi connectivity index (χ2v) is 2.78. The van der Waals surface area contributed by atoms with Crippen molar-refractivity contribution in [3.05, 3.63) is 24.2 Å². The van der Waals surface area contributed by atoms with Gasteiger partial charge in [-0.15, -0.1) is 0 Å². The van der Waals surface area contributed by atoms with Crippen molar-refractivity contribution in [3.63, 3.8) is 0 Å². The number of carbonyl (C=O) groups is 1. The average molecular weight is 164 g/mol. The smallest absolute Gasteiger partial charge is 0.352 e. The summed E-state index contributed by atoms with van der Waals surface area (Å²) in [6.07, 6.45) is 3.72. The first-order valence-corrected chi connectivity index (χ1v) is 3.55. The minimum Gasteiger partial charge on any atom is -0.477 e. The van der Waals surface area contributed by atoms with Gasteiger partial charge < -0.3 is 14.7 Å². The fraction of sp³-hybridized carbons (Fsp3) is 0.125. The molecular weight excluding hydrogens is 156 g/mol. The molecule has 0 saturated heterocycles. The van der Waals surface area contributed by atoms with E-state index in [1.54, 1.807) is 6.07 Å². The Labute approximate surface area is 68.4 Å². The number of aromatic amines is 1. The molecule has 0 atom stereocenters. The summed E-state index contributed by atoms with van der Waals surface area (Å²) in [6, 6.07) is 1.62. The van der Waals surface area contributed by atoms with Crippen molar-refractivity contribution in [3.8, 4) is 0 Å². The van der Waals surface area contributed by atoms with Crippen LogP contribution in [0.2, 0.25) is 0 Å². The number of H-pyrrole nitrogens is 1. The van der Waals surface area contributed by atoms with E-state index in [2.05, 4.69) is 4.98 Å². The maximum Gasteiger partial charge on any atom is 0.352 e. The summed E-state index contributed by atoms with van der Waals surface area (Å²) < 4.78 is 1.88. The van der Waals surface area contributed by atoms with Crippen LogP contribution < -0.4 is 0 Å². The van der Waals surface area contributed by atoms with Gasteiger partial charge in [-0.1, -0.05) is 0 Å². The van der Waals surface area contributed by atoms with Crippen molar-refractivity contribution >= 4 is 16.9 Å². The predicted molar refractivity (Wildman–Crippen MR) is 44.2 cm³/mol. The Morgan fingerprint density at radius 2 is 2.33 bits per heavy atom. The van der Waals surface area contributed by atoms with E-state index in [0.717, 1.165) is 10.9 Å². The minimum atomic E-state index is -0.922. The van der Waals surface area contributed by atoms with E-state index in [9.17, 15) is 4.79 Å². The maximum absolute atomic E-state index is 10.5. The van der Waals surface area contributed by atoms with Gasteiger partial charge in [-0.2, -0.15) is 0 Å². The molecule has 2 N–H and O–H groups in total. The Morgan fingerprint density at radius 3 is 2.92 bits per heavy atom. The summed E-state index contributed by atoms with van der Waals surface area (Å²) in [4.78, 5) is 13.3. The van der Waals surface area contributed by atoms with Crippen LogP contribution in [0.1, 0.15) is 10.5 Å². The molecule has 0 aliphatic carbocycles. The Bertz CT molecular complexity index is 407. The molecular formula is C8H8N2O2. The number of hydrogen-bond acceptors (Lipinski definition) is 1. The molecule has 4 nitrogen and oxygen atoms in total. The largest absolute Gasteiger partial charge is 0.477 e. The average Bonchev–Trinajstić information content (AvgIpc) is 2.42. The van der Waals surface area contributed by atoms with Gasteiger partial charge in [0, 0.05) is 24.8 Å². The lowest BCUT2D eigenvalue weighted by Crippen LogP contribution is -1.95. The van der Waals surface area contributed by atoms with Gasteiger partial charge in [0.2, 0.25) is 0 Å². The van der Waals surface area contributed by atoms with Gasteiger partial charge in [0.1, 0.15) is 5.69 Å². The highest BCUT2D eigenvalue weighted by Crippen LogP contribution is 2.15. The van der Waals surface area contributed by atoms with E-state index in [1.807, 2.05) is 24.0 Å². The summed E-state index contributed by atoms with van der Waals surface area (Å²) in [5, 5.41) is 9.56. The van der Waals surface area contributed by atoms with Gasteiger partial charge in [-0.05, 0) is 6.07 Å². The van der Waals surface area contributed by atoms with Crippen molar-refractivity contribution < 1.29 is 9.90 Å². The molecule has 0 unspecified atom stereocenters. The van der Waals surface area contributed by atoms with Crippen molar-refractivity contribution in [2.75, 3.05) is 0 Å². The molecule has 2 heterocycles. The molecule has 4 heteroatoms. The van der Waals surface area contributed by atoms with Crippen LogP contribution in [0.15, 0.2) is 18.5 Å². The van der Waals surface area contributed by atoms with Crippen LogP contribution in [0.25, 0.3) is 10.9 Å². The van der Waals surface area contributed by atoms with Crippen LogP contribution in [0, 0.1) is 0 Å². The van der Waals surface area contributed by atoms with Crippen LogP contribution in [-0.2, 0) is 7.05 Å². The molecule has 62 valence electrons. The van der Waals surface area contributed by atoms with Crippen LogP contribution in [0.5, 0.6) is 0 Å². The lowest BCUT2D eigenvalue weighted by molar-refractivity contribution is 0.0691. The van der Waals surface area contributed by atoms with Gasteiger partial charge in [-0.3, -0.25) is 0 Å². The maximum atomic E-state index is 10.5.